The van der Waals surface area contributed by atoms with Gasteiger partial charge in [-0.15, -0.1) is 0 Å². The van der Waals surface area contributed by atoms with E-state index in [1.165, 1.54) is 67.5 Å². The van der Waals surface area contributed by atoms with Crippen molar-refractivity contribution in [1.29, 1.82) is 0 Å². The highest BCUT2D eigenvalue weighted by molar-refractivity contribution is 5.74. The van der Waals surface area contributed by atoms with E-state index in [0.717, 1.165) is 51.6 Å². The average Bonchev–Trinajstić information content (AvgIpc) is 3.52. The maximum atomic E-state index is 12.4. The lowest BCUT2D eigenvalue weighted by Crippen LogP contribution is -2.48. The fourth-order valence-electron chi connectivity index (χ4n) is 8.25. The van der Waals surface area contributed by atoms with Crippen LogP contribution in [0.4, 0.5) is 0 Å². The minimum atomic E-state index is -0.697. The van der Waals surface area contributed by atoms with Crippen LogP contribution < -0.4 is 0 Å². The monoisotopic (exact) mass is 562 g/mol. The Kier molecular flexibility index (Phi) is 9.60. The molecule has 0 spiro atoms. The first kappa shape index (κ1) is 30.3. The molecule has 2 saturated heterocycles. The number of nitrogens with zero attached hydrogens (tertiary/aromatic N) is 4. The average molecular weight is 563 g/mol. The lowest BCUT2D eigenvalue weighted by Gasteiger charge is -2.36. The maximum absolute atomic E-state index is 12.4. The normalized spacial score (nSPS) is 24.6. The molecule has 6 nitrogen and oxygen atoms in total. The zero-order chi connectivity index (χ0) is 29.1. The Hall–Kier alpha value is -2.18. The summed E-state index contributed by atoms with van der Waals surface area (Å²) in [7, 11) is 0. The van der Waals surface area contributed by atoms with E-state index >= 15 is 0 Å². The molecule has 0 radical (unpaired) electrons. The predicted molar refractivity (Wildman–Crippen MR) is 166 cm³/mol. The number of aromatic nitrogens is 2. The van der Waals surface area contributed by atoms with Gasteiger partial charge in [0.25, 0.3) is 0 Å². The van der Waals surface area contributed by atoms with Gasteiger partial charge in [0.1, 0.15) is 6.04 Å². The van der Waals surface area contributed by atoms with Gasteiger partial charge in [0.2, 0.25) is 0 Å². The van der Waals surface area contributed by atoms with E-state index in [0.29, 0.717) is 17.8 Å². The van der Waals surface area contributed by atoms with Gasteiger partial charge in [0, 0.05) is 43.7 Å². The topological polar surface area (TPSA) is 61.6 Å². The summed E-state index contributed by atoms with van der Waals surface area (Å²) >= 11 is 0. The molecule has 3 aliphatic rings. The Bertz CT molecular complexity index is 1150. The summed E-state index contributed by atoms with van der Waals surface area (Å²) < 4.78 is 2.29. The zero-order valence-corrected chi connectivity index (χ0v) is 26.3. The van der Waals surface area contributed by atoms with Gasteiger partial charge in [-0.05, 0) is 75.1 Å². The van der Waals surface area contributed by atoms with E-state index in [9.17, 15) is 9.90 Å². The fraction of sp³-hybridized carbons (Fsp3) is 0.714. The summed E-state index contributed by atoms with van der Waals surface area (Å²) in [6, 6.07) is 10.9. The van der Waals surface area contributed by atoms with Gasteiger partial charge in [-0.25, -0.2) is 0 Å². The van der Waals surface area contributed by atoms with E-state index in [-0.39, 0.29) is 5.41 Å². The molecule has 41 heavy (non-hydrogen) atoms. The third-order valence-electron chi connectivity index (χ3n) is 10.2. The fourth-order valence-corrected chi connectivity index (χ4v) is 8.25. The van der Waals surface area contributed by atoms with Crippen molar-refractivity contribution >= 4 is 5.97 Å². The van der Waals surface area contributed by atoms with Crippen molar-refractivity contribution in [2.75, 3.05) is 32.7 Å². The lowest BCUT2D eigenvalue weighted by atomic mass is 9.85. The van der Waals surface area contributed by atoms with Crippen LogP contribution in [0.1, 0.15) is 107 Å². The van der Waals surface area contributed by atoms with Crippen molar-refractivity contribution in [3.8, 4) is 0 Å². The third-order valence-corrected chi connectivity index (χ3v) is 10.2. The number of carboxylic acid groups (broad SMARTS) is 1. The molecule has 5 rings (SSSR count). The minimum absolute atomic E-state index is 0.311. The quantitative estimate of drug-likeness (QED) is 0.367. The number of rotatable bonds is 9. The Morgan fingerprint density at radius 2 is 1.78 bits per heavy atom. The number of hydrogen-bond donors (Lipinski definition) is 1. The van der Waals surface area contributed by atoms with Crippen LogP contribution in [0.3, 0.4) is 0 Å². The van der Waals surface area contributed by atoms with Gasteiger partial charge in [0.05, 0.1) is 5.69 Å². The number of likely N-dealkylation sites (tertiary alicyclic amines) is 2. The highest BCUT2D eigenvalue weighted by atomic mass is 16.4. The van der Waals surface area contributed by atoms with Crippen LogP contribution in [0, 0.1) is 24.2 Å². The highest BCUT2D eigenvalue weighted by Crippen LogP contribution is 2.39. The van der Waals surface area contributed by atoms with E-state index in [1.807, 2.05) is 0 Å². The summed E-state index contributed by atoms with van der Waals surface area (Å²) in [6.45, 7) is 16.5. The zero-order valence-electron chi connectivity index (χ0n) is 26.3. The van der Waals surface area contributed by atoms with Crippen LogP contribution in [-0.4, -0.2) is 69.4 Å². The number of piperidine rings is 1. The first-order valence-electron chi connectivity index (χ1n) is 16.4. The summed E-state index contributed by atoms with van der Waals surface area (Å²) in [5, 5.41) is 15.3. The Balaban J connectivity index is 1.25. The number of aryl methyl sites for hydroxylation is 2. The first-order valence-corrected chi connectivity index (χ1v) is 16.4. The number of carboxylic acids is 1. The Morgan fingerprint density at radius 3 is 2.41 bits per heavy atom. The molecule has 1 aromatic heterocycles. The molecule has 226 valence electrons. The molecule has 3 heterocycles. The molecule has 0 unspecified atom stereocenters. The van der Waals surface area contributed by atoms with Crippen LogP contribution in [0.2, 0.25) is 0 Å². The van der Waals surface area contributed by atoms with Crippen LogP contribution in [0.15, 0.2) is 30.3 Å². The van der Waals surface area contributed by atoms with E-state index < -0.39 is 12.0 Å². The Labute approximate surface area is 248 Å². The van der Waals surface area contributed by atoms with Gasteiger partial charge in [0.15, 0.2) is 0 Å². The van der Waals surface area contributed by atoms with Crippen molar-refractivity contribution in [1.82, 2.24) is 19.6 Å². The summed E-state index contributed by atoms with van der Waals surface area (Å²) in [5.41, 5.74) is 5.10. The standard InChI is InChI=1S/C35H54N4O2/c1-6-39-32(21-30(36-39)20-26-12-8-7-9-13-26)27-15-17-37(18-16-27)22-29-23-38(33(34(40)41)35(3,4)5)24-31(29)28-14-10-11-25(2)19-28/h10-11,14,19,21,26-27,29,31,33H,6-9,12-13,15-18,20,22-24H2,1-5H3,(H,40,41)/t29-,31+,33-/m0/s1. The third kappa shape index (κ3) is 7.25. The molecule has 1 aliphatic carbocycles. The van der Waals surface area contributed by atoms with Crippen LogP contribution in [0.5, 0.6) is 0 Å². The van der Waals surface area contributed by atoms with Gasteiger partial charge in [-0.2, -0.15) is 5.10 Å². The van der Waals surface area contributed by atoms with Crippen LogP contribution >= 0.6 is 0 Å². The van der Waals surface area contributed by atoms with Crippen molar-refractivity contribution in [2.24, 2.45) is 17.3 Å². The SMILES string of the molecule is CCn1nc(CC2CCCCC2)cc1C1CCN(C[C@H]2CN([C@@H](C(=O)O)C(C)(C)C)C[C@@H]2c2cccc(C)c2)CC1. The molecule has 2 aromatic rings. The predicted octanol–water partition coefficient (Wildman–Crippen LogP) is 6.73. The van der Waals surface area contributed by atoms with E-state index in [2.05, 4.69) is 79.4 Å². The second-order valence-corrected chi connectivity index (χ2v) is 14.5. The van der Waals surface area contributed by atoms with E-state index in [1.54, 1.807) is 0 Å². The van der Waals surface area contributed by atoms with Crippen molar-refractivity contribution in [3.05, 3.63) is 52.8 Å². The van der Waals surface area contributed by atoms with Gasteiger partial charge in [-0.1, -0.05) is 82.7 Å². The number of aliphatic carboxylic acids is 1. The summed E-state index contributed by atoms with van der Waals surface area (Å²) in [6.07, 6.45) is 10.5. The molecule has 0 amide bonds. The van der Waals surface area contributed by atoms with Gasteiger partial charge >= 0.3 is 5.97 Å². The van der Waals surface area contributed by atoms with Crippen molar-refractivity contribution in [3.63, 3.8) is 0 Å². The van der Waals surface area contributed by atoms with Gasteiger partial charge < -0.3 is 10.0 Å². The molecular weight excluding hydrogens is 508 g/mol. The van der Waals surface area contributed by atoms with Crippen LogP contribution in [-0.2, 0) is 17.8 Å². The molecule has 6 heteroatoms. The Morgan fingerprint density at radius 1 is 1.05 bits per heavy atom. The molecule has 3 fully saturated rings. The molecule has 3 atom stereocenters. The molecule has 1 aromatic carbocycles. The molecular formula is C35H54N4O2. The van der Waals surface area contributed by atoms with Crippen LogP contribution in [0.25, 0.3) is 0 Å². The second-order valence-electron chi connectivity index (χ2n) is 14.5. The lowest BCUT2D eigenvalue weighted by molar-refractivity contribution is -0.147. The maximum Gasteiger partial charge on any atom is 0.321 e. The molecule has 1 saturated carbocycles. The second kappa shape index (κ2) is 13.0. The summed E-state index contributed by atoms with van der Waals surface area (Å²) in [5.74, 6) is 1.51. The van der Waals surface area contributed by atoms with Crippen molar-refractivity contribution < 1.29 is 9.90 Å². The molecule has 1 N–H and O–H groups in total. The molecule has 0 bridgehead atoms. The number of benzene rings is 1. The smallest absolute Gasteiger partial charge is 0.321 e. The van der Waals surface area contributed by atoms with Crippen molar-refractivity contribution in [2.45, 2.75) is 110 Å². The highest BCUT2D eigenvalue weighted by Gasteiger charge is 2.44. The first-order chi connectivity index (χ1) is 19.6. The summed E-state index contributed by atoms with van der Waals surface area (Å²) in [4.78, 5) is 17.3. The molecule has 2 aliphatic heterocycles. The number of carbonyl (C=O) groups is 1. The van der Waals surface area contributed by atoms with Gasteiger partial charge in [-0.3, -0.25) is 14.4 Å². The van der Waals surface area contributed by atoms with E-state index in [4.69, 9.17) is 5.10 Å². The largest absolute Gasteiger partial charge is 0.480 e. The number of hydrogen-bond acceptors (Lipinski definition) is 4. The minimum Gasteiger partial charge on any atom is -0.480 e.